The summed E-state index contributed by atoms with van der Waals surface area (Å²) >= 11 is 1.66. The first-order valence-corrected chi connectivity index (χ1v) is 11.0. The molecule has 1 aliphatic heterocycles. The lowest BCUT2D eigenvalue weighted by atomic mass is 10.0. The van der Waals surface area contributed by atoms with Crippen molar-refractivity contribution < 1.29 is 9.90 Å². The fourth-order valence-corrected chi connectivity index (χ4v) is 5.03. The van der Waals surface area contributed by atoms with Crippen LogP contribution in [0.4, 0.5) is 0 Å². The molecule has 1 amide bonds. The summed E-state index contributed by atoms with van der Waals surface area (Å²) in [6.45, 7) is 6.01. The average Bonchev–Trinajstić information content (AvgIpc) is 3.08. The van der Waals surface area contributed by atoms with E-state index in [0.717, 1.165) is 48.2 Å². The molecule has 1 aliphatic rings. The summed E-state index contributed by atoms with van der Waals surface area (Å²) in [7, 11) is 0. The van der Waals surface area contributed by atoms with Crippen molar-refractivity contribution >= 4 is 28.0 Å². The molecular formula is C23H27N3O2S. The van der Waals surface area contributed by atoms with Crippen molar-refractivity contribution in [3.63, 3.8) is 0 Å². The first-order valence-electron chi connectivity index (χ1n) is 10.2. The summed E-state index contributed by atoms with van der Waals surface area (Å²) in [6.07, 6.45) is 1.22. The monoisotopic (exact) mass is 409 g/mol. The Morgan fingerprint density at radius 2 is 1.86 bits per heavy atom. The molecule has 1 aromatic heterocycles. The first kappa shape index (κ1) is 20.0. The third-order valence-electron chi connectivity index (χ3n) is 5.61. The number of amides is 1. The second-order valence-corrected chi connectivity index (χ2v) is 8.72. The lowest BCUT2D eigenvalue weighted by molar-refractivity contribution is -0.132. The predicted octanol–water partition coefficient (Wildman–Crippen LogP) is 2.87. The fourth-order valence-electron chi connectivity index (χ4n) is 3.95. The van der Waals surface area contributed by atoms with Gasteiger partial charge in [0.2, 0.25) is 5.91 Å². The van der Waals surface area contributed by atoms with E-state index in [4.69, 9.17) is 10.1 Å². The number of aryl methyl sites for hydroxylation is 1. The molecule has 0 saturated carbocycles. The molecule has 0 radical (unpaired) electrons. The van der Waals surface area contributed by atoms with Crippen molar-refractivity contribution in [2.45, 2.75) is 19.8 Å². The normalized spacial score (nSPS) is 15.2. The smallest absolute Gasteiger partial charge is 0.227 e. The average molecular weight is 410 g/mol. The zero-order valence-electron chi connectivity index (χ0n) is 16.8. The first-order chi connectivity index (χ1) is 14.1. The number of aliphatic hydroxyl groups excluding tert-OH is 1. The molecule has 0 aliphatic carbocycles. The van der Waals surface area contributed by atoms with Gasteiger partial charge in [-0.1, -0.05) is 42.5 Å². The standard InChI is InChI=1S/C23H27N3O2S/c1-17-21(16-23(28)26-11-9-25(10-12-26)13-14-27)29-22(24-17)15-19-7-4-6-18-5-2-3-8-20(18)19/h2-8,27H,9-16H2,1H3. The minimum atomic E-state index is 0.174. The van der Waals surface area contributed by atoms with E-state index >= 15 is 0 Å². The highest BCUT2D eigenvalue weighted by Gasteiger charge is 2.22. The van der Waals surface area contributed by atoms with Gasteiger partial charge in [0.1, 0.15) is 0 Å². The molecule has 1 N–H and O–H groups in total. The highest BCUT2D eigenvalue weighted by molar-refractivity contribution is 7.11. The van der Waals surface area contributed by atoms with Gasteiger partial charge in [-0.3, -0.25) is 9.69 Å². The summed E-state index contributed by atoms with van der Waals surface area (Å²) in [6, 6.07) is 14.8. The highest BCUT2D eigenvalue weighted by atomic mass is 32.1. The number of benzene rings is 2. The van der Waals surface area contributed by atoms with Crippen LogP contribution < -0.4 is 0 Å². The van der Waals surface area contributed by atoms with Crippen LogP contribution >= 0.6 is 11.3 Å². The van der Waals surface area contributed by atoms with Gasteiger partial charge in [-0.25, -0.2) is 4.98 Å². The number of fused-ring (bicyclic) bond motifs is 1. The van der Waals surface area contributed by atoms with Crippen LogP contribution in [0.15, 0.2) is 42.5 Å². The maximum absolute atomic E-state index is 12.8. The van der Waals surface area contributed by atoms with Gasteiger partial charge in [-0.15, -0.1) is 11.3 Å². The van der Waals surface area contributed by atoms with Crippen LogP contribution in [0.2, 0.25) is 0 Å². The molecule has 2 heterocycles. The second kappa shape index (κ2) is 9.03. The number of aliphatic hydroxyl groups is 1. The number of carbonyl (C=O) groups excluding carboxylic acids is 1. The Bertz CT molecular complexity index is 987. The van der Waals surface area contributed by atoms with Crippen LogP contribution in [0.1, 0.15) is 21.1 Å². The third-order valence-corrected chi connectivity index (χ3v) is 6.77. The Morgan fingerprint density at radius 1 is 1.10 bits per heavy atom. The molecule has 6 heteroatoms. The minimum Gasteiger partial charge on any atom is -0.395 e. The number of hydrogen-bond donors (Lipinski definition) is 1. The lowest BCUT2D eigenvalue weighted by Crippen LogP contribution is -2.49. The van der Waals surface area contributed by atoms with Crippen LogP contribution in [0.25, 0.3) is 10.8 Å². The molecule has 0 bridgehead atoms. The van der Waals surface area contributed by atoms with Crippen LogP contribution in [0.5, 0.6) is 0 Å². The van der Waals surface area contributed by atoms with E-state index in [9.17, 15) is 4.79 Å². The largest absolute Gasteiger partial charge is 0.395 e. The predicted molar refractivity (Wildman–Crippen MR) is 117 cm³/mol. The van der Waals surface area contributed by atoms with Gasteiger partial charge in [0.15, 0.2) is 0 Å². The summed E-state index contributed by atoms with van der Waals surface area (Å²) in [4.78, 5) is 22.7. The lowest BCUT2D eigenvalue weighted by Gasteiger charge is -2.34. The number of piperazine rings is 1. The molecule has 5 nitrogen and oxygen atoms in total. The van der Waals surface area contributed by atoms with Gasteiger partial charge >= 0.3 is 0 Å². The van der Waals surface area contributed by atoms with Gasteiger partial charge in [0.05, 0.1) is 23.7 Å². The molecular weight excluding hydrogens is 382 g/mol. The third kappa shape index (κ3) is 4.66. The fraction of sp³-hybridized carbons (Fsp3) is 0.391. The van der Waals surface area contributed by atoms with E-state index < -0.39 is 0 Å². The van der Waals surface area contributed by atoms with E-state index in [2.05, 4.69) is 47.4 Å². The number of rotatable bonds is 6. The van der Waals surface area contributed by atoms with Gasteiger partial charge in [0.25, 0.3) is 0 Å². The van der Waals surface area contributed by atoms with Crippen molar-refractivity contribution in [3.8, 4) is 0 Å². The van der Waals surface area contributed by atoms with Gasteiger partial charge < -0.3 is 10.0 Å². The van der Waals surface area contributed by atoms with E-state index in [1.54, 1.807) is 11.3 Å². The van der Waals surface area contributed by atoms with E-state index in [1.807, 2.05) is 11.8 Å². The van der Waals surface area contributed by atoms with Crippen LogP contribution in [0, 0.1) is 6.92 Å². The molecule has 4 rings (SSSR count). The van der Waals surface area contributed by atoms with Crippen LogP contribution in [-0.4, -0.2) is 65.1 Å². The molecule has 29 heavy (non-hydrogen) atoms. The number of hydrogen-bond acceptors (Lipinski definition) is 5. The Kier molecular flexibility index (Phi) is 6.23. The highest BCUT2D eigenvalue weighted by Crippen LogP contribution is 2.26. The zero-order valence-corrected chi connectivity index (χ0v) is 17.6. The van der Waals surface area contributed by atoms with Crippen molar-refractivity contribution in [2.75, 3.05) is 39.3 Å². The Morgan fingerprint density at radius 3 is 2.66 bits per heavy atom. The quantitative estimate of drug-likeness (QED) is 0.680. The number of aromatic nitrogens is 1. The topological polar surface area (TPSA) is 56.7 Å². The molecule has 152 valence electrons. The SMILES string of the molecule is Cc1nc(Cc2cccc3ccccc23)sc1CC(=O)N1CCN(CCO)CC1. The summed E-state index contributed by atoms with van der Waals surface area (Å²) < 4.78 is 0. The molecule has 1 saturated heterocycles. The van der Waals surface area contributed by atoms with Crippen LogP contribution in [0.3, 0.4) is 0 Å². The molecule has 3 aromatic rings. The molecule has 0 spiro atoms. The maximum atomic E-state index is 12.8. The minimum absolute atomic E-state index is 0.174. The Hall–Kier alpha value is -2.28. The number of β-amino-alcohol motifs (C(OH)–C–C–N with tert-alkyl or cyclic N) is 1. The van der Waals surface area contributed by atoms with Crippen molar-refractivity contribution in [2.24, 2.45) is 0 Å². The summed E-state index contributed by atoms with van der Waals surface area (Å²) in [5.41, 5.74) is 2.24. The van der Waals surface area contributed by atoms with Gasteiger partial charge in [0, 0.05) is 44.0 Å². The van der Waals surface area contributed by atoms with Crippen molar-refractivity contribution in [1.29, 1.82) is 0 Å². The van der Waals surface area contributed by atoms with Crippen LogP contribution in [-0.2, 0) is 17.6 Å². The van der Waals surface area contributed by atoms with Gasteiger partial charge in [-0.2, -0.15) is 0 Å². The molecule has 1 fully saturated rings. The van der Waals surface area contributed by atoms with Gasteiger partial charge in [-0.05, 0) is 23.3 Å². The Labute approximate surface area is 175 Å². The van der Waals surface area contributed by atoms with E-state index in [1.165, 1.54) is 16.3 Å². The summed E-state index contributed by atoms with van der Waals surface area (Å²) in [5.74, 6) is 0.178. The molecule has 0 atom stereocenters. The Balaban J connectivity index is 1.42. The molecule has 2 aromatic carbocycles. The number of nitrogens with zero attached hydrogens (tertiary/aromatic N) is 3. The van der Waals surface area contributed by atoms with E-state index in [-0.39, 0.29) is 12.5 Å². The number of thiazole rings is 1. The second-order valence-electron chi connectivity index (χ2n) is 7.55. The maximum Gasteiger partial charge on any atom is 0.227 e. The zero-order chi connectivity index (χ0) is 20.2. The summed E-state index contributed by atoms with van der Waals surface area (Å²) in [5, 5.41) is 12.6. The van der Waals surface area contributed by atoms with E-state index in [0.29, 0.717) is 13.0 Å². The van der Waals surface area contributed by atoms with Crippen molar-refractivity contribution in [1.82, 2.24) is 14.8 Å². The number of carbonyl (C=O) groups is 1. The van der Waals surface area contributed by atoms with Crippen molar-refractivity contribution in [3.05, 3.63) is 63.6 Å². The molecule has 0 unspecified atom stereocenters.